The zero-order chi connectivity index (χ0) is 13.4. The van der Waals surface area contributed by atoms with Gasteiger partial charge in [0.05, 0.1) is 17.4 Å². The number of aryl methyl sites for hydroxylation is 4. The number of nitrogens with two attached hydrogens (primary N) is 1. The topological polar surface area (TPSA) is 56.7 Å². The van der Waals surface area contributed by atoms with Crippen LogP contribution in [-0.4, -0.2) is 14.8 Å². The van der Waals surface area contributed by atoms with Crippen molar-refractivity contribution < 1.29 is 0 Å². The first-order chi connectivity index (χ1) is 8.45. The van der Waals surface area contributed by atoms with Gasteiger partial charge in [-0.15, -0.1) is 11.3 Å². The van der Waals surface area contributed by atoms with Crippen LogP contribution in [0.25, 0.3) is 0 Å². The molecular weight excluding hydrogens is 244 g/mol. The summed E-state index contributed by atoms with van der Waals surface area (Å²) in [5.74, 6) is 0. The molecule has 0 aromatic carbocycles. The molecule has 0 bridgehead atoms. The third-order valence-electron chi connectivity index (χ3n) is 3.39. The molecule has 0 amide bonds. The summed E-state index contributed by atoms with van der Waals surface area (Å²) < 4.78 is 1.88. The van der Waals surface area contributed by atoms with Crippen LogP contribution >= 0.6 is 11.3 Å². The van der Waals surface area contributed by atoms with Crippen LogP contribution in [0.2, 0.25) is 0 Å². The minimum atomic E-state index is -0.164. The molecule has 2 rings (SSSR count). The number of thiazole rings is 1. The molecule has 2 heterocycles. The summed E-state index contributed by atoms with van der Waals surface area (Å²) >= 11 is 1.70. The molecule has 1 unspecified atom stereocenters. The van der Waals surface area contributed by atoms with Crippen molar-refractivity contribution in [3.05, 3.63) is 32.5 Å². The summed E-state index contributed by atoms with van der Waals surface area (Å²) in [5, 5.41) is 5.41. The molecule has 4 nitrogen and oxygen atoms in total. The predicted octanol–water partition coefficient (Wildman–Crippen LogP) is 2.41. The summed E-state index contributed by atoms with van der Waals surface area (Å²) in [5.41, 5.74) is 10.7. The number of hydrogen-bond acceptors (Lipinski definition) is 4. The first kappa shape index (κ1) is 13.2. The molecule has 0 saturated heterocycles. The minimum Gasteiger partial charge on any atom is -0.318 e. The Morgan fingerprint density at radius 3 is 2.44 bits per heavy atom. The standard InChI is InChI=1S/C13H20N4S/c1-6-10-9(4)18-13(15-10)12(14)11-7(2)16-17(5)8(11)3/h12H,6,14H2,1-5H3. The van der Waals surface area contributed by atoms with Gasteiger partial charge in [-0.2, -0.15) is 5.10 Å². The normalized spacial score (nSPS) is 13.0. The van der Waals surface area contributed by atoms with Gasteiger partial charge in [-0.1, -0.05) is 6.92 Å². The van der Waals surface area contributed by atoms with Crippen LogP contribution in [-0.2, 0) is 13.5 Å². The lowest BCUT2D eigenvalue weighted by atomic mass is 10.1. The molecule has 5 heteroatoms. The number of hydrogen-bond donors (Lipinski definition) is 1. The Labute approximate surface area is 112 Å². The molecule has 0 spiro atoms. The van der Waals surface area contributed by atoms with E-state index in [0.29, 0.717) is 0 Å². The van der Waals surface area contributed by atoms with Gasteiger partial charge in [-0.25, -0.2) is 4.98 Å². The molecule has 18 heavy (non-hydrogen) atoms. The summed E-state index contributed by atoms with van der Waals surface area (Å²) in [7, 11) is 1.95. The van der Waals surface area contributed by atoms with E-state index in [0.717, 1.165) is 34.1 Å². The van der Waals surface area contributed by atoms with Crippen LogP contribution < -0.4 is 5.73 Å². The quantitative estimate of drug-likeness (QED) is 0.926. The van der Waals surface area contributed by atoms with Gasteiger partial charge in [0.25, 0.3) is 0 Å². The average Bonchev–Trinajstić information content (AvgIpc) is 2.80. The SMILES string of the molecule is CCc1nc(C(N)c2c(C)nn(C)c2C)sc1C. The van der Waals surface area contributed by atoms with E-state index in [1.54, 1.807) is 11.3 Å². The smallest absolute Gasteiger partial charge is 0.115 e. The van der Waals surface area contributed by atoms with Gasteiger partial charge in [0.1, 0.15) is 5.01 Å². The van der Waals surface area contributed by atoms with E-state index in [1.165, 1.54) is 4.88 Å². The highest BCUT2D eigenvalue weighted by molar-refractivity contribution is 7.11. The first-order valence-corrected chi connectivity index (χ1v) is 6.99. The Hall–Kier alpha value is -1.20. The molecule has 0 saturated carbocycles. The molecule has 2 N–H and O–H groups in total. The highest BCUT2D eigenvalue weighted by Gasteiger charge is 2.21. The molecule has 2 aromatic rings. The van der Waals surface area contributed by atoms with E-state index < -0.39 is 0 Å². The average molecular weight is 264 g/mol. The fourth-order valence-electron chi connectivity index (χ4n) is 2.27. The second-order valence-electron chi connectivity index (χ2n) is 4.59. The number of aromatic nitrogens is 3. The number of rotatable bonds is 3. The summed E-state index contributed by atoms with van der Waals surface area (Å²) in [6.45, 7) is 8.29. The van der Waals surface area contributed by atoms with Crippen LogP contribution in [0.1, 0.15) is 45.5 Å². The molecule has 0 aliphatic rings. The van der Waals surface area contributed by atoms with Gasteiger partial charge < -0.3 is 5.73 Å². The molecule has 1 atom stereocenters. The van der Waals surface area contributed by atoms with Crippen LogP contribution in [0, 0.1) is 20.8 Å². The predicted molar refractivity (Wildman–Crippen MR) is 74.9 cm³/mol. The van der Waals surface area contributed by atoms with Gasteiger partial charge in [-0.05, 0) is 27.2 Å². The van der Waals surface area contributed by atoms with Crippen molar-refractivity contribution in [2.24, 2.45) is 12.8 Å². The van der Waals surface area contributed by atoms with Gasteiger partial charge in [0, 0.05) is 23.2 Å². The maximum Gasteiger partial charge on any atom is 0.115 e. The van der Waals surface area contributed by atoms with Crippen LogP contribution in [0.15, 0.2) is 0 Å². The largest absolute Gasteiger partial charge is 0.318 e. The van der Waals surface area contributed by atoms with Crippen LogP contribution in [0.3, 0.4) is 0 Å². The van der Waals surface area contributed by atoms with Crippen molar-refractivity contribution in [2.45, 2.75) is 40.2 Å². The van der Waals surface area contributed by atoms with E-state index in [2.05, 4.69) is 30.9 Å². The number of nitrogens with zero attached hydrogens (tertiary/aromatic N) is 3. The molecule has 2 aromatic heterocycles. The minimum absolute atomic E-state index is 0.164. The lowest BCUT2D eigenvalue weighted by Crippen LogP contribution is -2.13. The van der Waals surface area contributed by atoms with Gasteiger partial charge in [-0.3, -0.25) is 4.68 Å². The van der Waals surface area contributed by atoms with Crippen molar-refractivity contribution in [3.63, 3.8) is 0 Å². The van der Waals surface area contributed by atoms with E-state index in [9.17, 15) is 0 Å². The van der Waals surface area contributed by atoms with E-state index in [1.807, 2.05) is 18.7 Å². The first-order valence-electron chi connectivity index (χ1n) is 6.17. The fourth-order valence-corrected chi connectivity index (χ4v) is 3.30. The van der Waals surface area contributed by atoms with E-state index >= 15 is 0 Å². The Bertz CT molecular complexity index is 568. The van der Waals surface area contributed by atoms with Crippen LogP contribution in [0.4, 0.5) is 0 Å². The second-order valence-corrected chi connectivity index (χ2v) is 5.83. The maximum absolute atomic E-state index is 6.36. The molecule has 0 aliphatic heterocycles. The van der Waals surface area contributed by atoms with E-state index in [4.69, 9.17) is 5.73 Å². The van der Waals surface area contributed by atoms with Gasteiger partial charge in [0.15, 0.2) is 0 Å². The Kier molecular flexibility index (Phi) is 3.54. The van der Waals surface area contributed by atoms with Gasteiger partial charge in [0.2, 0.25) is 0 Å². The molecule has 0 aliphatic carbocycles. The third-order valence-corrected chi connectivity index (χ3v) is 4.48. The zero-order valence-electron chi connectivity index (χ0n) is 11.6. The van der Waals surface area contributed by atoms with Crippen molar-refractivity contribution in [3.8, 4) is 0 Å². The van der Waals surface area contributed by atoms with Crippen molar-refractivity contribution in [1.29, 1.82) is 0 Å². The molecule has 0 radical (unpaired) electrons. The molecular formula is C13H20N4S. The second kappa shape index (κ2) is 4.82. The third kappa shape index (κ3) is 2.08. The van der Waals surface area contributed by atoms with Crippen molar-refractivity contribution >= 4 is 11.3 Å². The zero-order valence-corrected chi connectivity index (χ0v) is 12.4. The molecule has 98 valence electrons. The van der Waals surface area contributed by atoms with E-state index in [-0.39, 0.29) is 6.04 Å². The maximum atomic E-state index is 6.36. The summed E-state index contributed by atoms with van der Waals surface area (Å²) in [6, 6.07) is -0.164. The summed E-state index contributed by atoms with van der Waals surface area (Å²) in [6.07, 6.45) is 0.958. The highest BCUT2D eigenvalue weighted by Crippen LogP contribution is 2.29. The monoisotopic (exact) mass is 264 g/mol. The molecule has 0 fully saturated rings. The highest BCUT2D eigenvalue weighted by atomic mass is 32.1. The van der Waals surface area contributed by atoms with Crippen molar-refractivity contribution in [1.82, 2.24) is 14.8 Å². The Morgan fingerprint density at radius 2 is 2.00 bits per heavy atom. The lowest BCUT2D eigenvalue weighted by Gasteiger charge is -2.09. The lowest BCUT2D eigenvalue weighted by molar-refractivity contribution is 0.727. The Morgan fingerprint density at radius 1 is 1.33 bits per heavy atom. The van der Waals surface area contributed by atoms with Crippen LogP contribution in [0.5, 0.6) is 0 Å². The van der Waals surface area contributed by atoms with Gasteiger partial charge >= 0.3 is 0 Å². The summed E-state index contributed by atoms with van der Waals surface area (Å²) in [4.78, 5) is 5.92. The Balaban J connectivity index is 2.44. The van der Waals surface area contributed by atoms with Crippen molar-refractivity contribution in [2.75, 3.05) is 0 Å². The fraction of sp³-hybridized carbons (Fsp3) is 0.538.